The first-order valence-corrected chi connectivity index (χ1v) is 8.31. The van der Waals surface area contributed by atoms with E-state index in [9.17, 15) is 9.90 Å². The first-order chi connectivity index (χ1) is 12.0. The van der Waals surface area contributed by atoms with Crippen LogP contribution in [0.15, 0.2) is 18.6 Å². The highest BCUT2D eigenvalue weighted by Crippen LogP contribution is 2.40. The minimum atomic E-state index is -0.727. The highest BCUT2D eigenvalue weighted by molar-refractivity contribution is 5.78. The maximum atomic E-state index is 11.3. The van der Waals surface area contributed by atoms with Crippen molar-refractivity contribution in [1.29, 1.82) is 0 Å². The van der Waals surface area contributed by atoms with Crippen molar-refractivity contribution in [2.75, 3.05) is 5.73 Å². The number of rotatable bonds is 3. The van der Waals surface area contributed by atoms with Gasteiger partial charge in [-0.3, -0.25) is 9.48 Å². The molecular weight excluding hydrogens is 320 g/mol. The molecule has 0 aromatic carbocycles. The molecule has 2 atom stereocenters. The molecule has 3 heterocycles. The van der Waals surface area contributed by atoms with Gasteiger partial charge in [0.2, 0.25) is 0 Å². The molecule has 2 unspecified atom stereocenters. The molecular formula is C17H20N6O2. The van der Waals surface area contributed by atoms with Crippen LogP contribution in [-0.2, 0) is 11.8 Å². The SMILES string of the molecule is Cc1c(C2CCC(C(=O)O)C2)nc2c(-c3cnn(C)c3)cnn2c1N. The summed E-state index contributed by atoms with van der Waals surface area (Å²) < 4.78 is 3.37. The molecule has 0 spiro atoms. The number of carboxylic acid groups (broad SMARTS) is 1. The minimum absolute atomic E-state index is 0.116. The lowest BCUT2D eigenvalue weighted by Crippen LogP contribution is -2.12. The molecule has 0 bridgehead atoms. The minimum Gasteiger partial charge on any atom is -0.481 e. The molecule has 25 heavy (non-hydrogen) atoms. The van der Waals surface area contributed by atoms with E-state index in [0.717, 1.165) is 28.8 Å². The normalized spacial score (nSPS) is 20.4. The first-order valence-electron chi connectivity index (χ1n) is 8.31. The summed E-state index contributed by atoms with van der Waals surface area (Å²) in [6.07, 6.45) is 7.52. The van der Waals surface area contributed by atoms with Gasteiger partial charge in [0.25, 0.3) is 0 Å². The predicted molar refractivity (Wildman–Crippen MR) is 92.1 cm³/mol. The number of nitrogens with two attached hydrogens (primary N) is 1. The number of carboxylic acids is 1. The zero-order valence-electron chi connectivity index (χ0n) is 14.2. The van der Waals surface area contributed by atoms with Gasteiger partial charge in [0.15, 0.2) is 5.65 Å². The monoisotopic (exact) mass is 340 g/mol. The number of hydrogen-bond donors (Lipinski definition) is 2. The fourth-order valence-corrected chi connectivity index (χ4v) is 3.73. The second-order valence-electron chi connectivity index (χ2n) is 6.75. The molecule has 3 aromatic rings. The van der Waals surface area contributed by atoms with Crippen molar-refractivity contribution in [3.05, 3.63) is 29.8 Å². The highest BCUT2D eigenvalue weighted by atomic mass is 16.4. The zero-order valence-corrected chi connectivity index (χ0v) is 14.2. The molecule has 4 rings (SSSR count). The third-order valence-corrected chi connectivity index (χ3v) is 5.15. The van der Waals surface area contributed by atoms with Crippen molar-refractivity contribution in [2.45, 2.75) is 32.1 Å². The summed E-state index contributed by atoms with van der Waals surface area (Å²) in [4.78, 5) is 16.1. The van der Waals surface area contributed by atoms with Gasteiger partial charge < -0.3 is 10.8 Å². The van der Waals surface area contributed by atoms with Gasteiger partial charge in [-0.1, -0.05) is 0 Å². The molecule has 1 aliphatic rings. The Bertz CT molecular complexity index is 973. The third-order valence-electron chi connectivity index (χ3n) is 5.15. The average molecular weight is 340 g/mol. The van der Waals surface area contributed by atoms with Crippen molar-refractivity contribution < 1.29 is 9.90 Å². The molecule has 1 fully saturated rings. The van der Waals surface area contributed by atoms with E-state index < -0.39 is 5.97 Å². The van der Waals surface area contributed by atoms with Crippen LogP contribution in [0.5, 0.6) is 0 Å². The Kier molecular flexibility index (Phi) is 3.48. The first kappa shape index (κ1) is 15.6. The van der Waals surface area contributed by atoms with E-state index in [0.29, 0.717) is 24.3 Å². The van der Waals surface area contributed by atoms with Crippen LogP contribution in [0.3, 0.4) is 0 Å². The maximum absolute atomic E-state index is 11.3. The zero-order chi connectivity index (χ0) is 17.7. The molecule has 1 aliphatic carbocycles. The summed E-state index contributed by atoms with van der Waals surface area (Å²) in [7, 11) is 1.86. The molecule has 8 heteroatoms. The van der Waals surface area contributed by atoms with E-state index in [-0.39, 0.29) is 11.8 Å². The largest absolute Gasteiger partial charge is 0.481 e. The van der Waals surface area contributed by atoms with Crippen molar-refractivity contribution in [3.8, 4) is 11.1 Å². The van der Waals surface area contributed by atoms with E-state index in [1.54, 1.807) is 21.6 Å². The Morgan fingerprint density at radius 3 is 2.76 bits per heavy atom. The fourth-order valence-electron chi connectivity index (χ4n) is 3.73. The second-order valence-corrected chi connectivity index (χ2v) is 6.75. The van der Waals surface area contributed by atoms with Gasteiger partial charge in [-0.15, -0.1) is 0 Å². The van der Waals surface area contributed by atoms with Gasteiger partial charge in [0.1, 0.15) is 5.82 Å². The smallest absolute Gasteiger partial charge is 0.306 e. The van der Waals surface area contributed by atoms with Crippen LogP contribution < -0.4 is 5.73 Å². The lowest BCUT2D eigenvalue weighted by Gasteiger charge is -2.15. The number of carbonyl (C=O) groups is 1. The molecule has 8 nitrogen and oxygen atoms in total. The van der Waals surface area contributed by atoms with Crippen LogP contribution in [0.4, 0.5) is 5.82 Å². The summed E-state index contributed by atoms with van der Waals surface area (Å²) in [5, 5.41) is 17.8. The molecule has 0 aliphatic heterocycles. The van der Waals surface area contributed by atoms with Crippen molar-refractivity contribution >= 4 is 17.4 Å². The van der Waals surface area contributed by atoms with E-state index in [2.05, 4.69) is 10.2 Å². The quantitative estimate of drug-likeness (QED) is 0.754. The number of nitrogen functional groups attached to an aromatic ring is 1. The van der Waals surface area contributed by atoms with Gasteiger partial charge in [-0.05, 0) is 26.2 Å². The van der Waals surface area contributed by atoms with E-state index in [4.69, 9.17) is 10.7 Å². The van der Waals surface area contributed by atoms with Gasteiger partial charge in [-0.2, -0.15) is 14.7 Å². The molecule has 1 saturated carbocycles. The summed E-state index contributed by atoms with van der Waals surface area (Å²) in [5.41, 5.74) is 10.5. The average Bonchev–Trinajstić information content (AvgIpc) is 3.29. The fraction of sp³-hybridized carbons (Fsp3) is 0.412. The van der Waals surface area contributed by atoms with Crippen molar-refractivity contribution in [3.63, 3.8) is 0 Å². The number of hydrogen-bond acceptors (Lipinski definition) is 5. The Hall–Kier alpha value is -2.90. The molecule has 3 aromatic heterocycles. The maximum Gasteiger partial charge on any atom is 0.306 e. The summed E-state index contributed by atoms with van der Waals surface area (Å²) in [6, 6.07) is 0. The molecule has 0 radical (unpaired) electrons. The van der Waals surface area contributed by atoms with Gasteiger partial charge in [0, 0.05) is 35.9 Å². The van der Waals surface area contributed by atoms with Crippen LogP contribution in [0, 0.1) is 12.8 Å². The lowest BCUT2D eigenvalue weighted by molar-refractivity contribution is -0.141. The number of fused-ring (bicyclic) bond motifs is 1. The Morgan fingerprint density at radius 1 is 1.32 bits per heavy atom. The topological polar surface area (TPSA) is 111 Å². The van der Waals surface area contributed by atoms with Crippen LogP contribution in [0.1, 0.15) is 36.4 Å². The van der Waals surface area contributed by atoms with Crippen LogP contribution in [0.25, 0.3) is 16.8 Å². The summed E-state index contributed by atoms with van der Waals surface area (Å²) in [6.45, 7) is 1.93. The standard InChI is InChI=1S/C17H20N6O2/c1-9-14(10-3-4-11(5-10)17(24)25)21-16-13(7-20-23(16)15(9)18)12-6-19-22(2)8-12/h6-8,10-11H,3-5,18H2,1-2H3,(H,24,25). The Morgan fingerprint density at radius 2 is 2.12 bits per heavy atom. The number of aliphatic carboxylic acids is 1. The number of aryl methyl sites for hydroxylation is 1. The van der Waals surface area contributed by atoms with E-state index in [1.165, 1.54) is 0 Å². The number of nitrogens with zero attached hydrogens (tertiary/aromatic N) is 5. The molecule has 3 N–H and O–H groups in total. The second kappa shape index (κ2) is 5.58. The Balaban J connectivity index is 1.83. The lowest BCUT2D eigenvalue weighted by atomic mass is 9.98. The van der Waals surface area contributed by atoms with Crippen LogP contribution in [0.2, 0.25) is 0 Å². The molecule has 130 valence electrons. The van der Waals surface area contributed by atoms with Crippen LogP contribution >= 0.6 is 0 Å². The third kappa shape index (κ3) is 2.45. The van der Waals surface area contributed by atoms with E-state index >= 15 is 0 Å². The van der Waals surface area contributed by atoms with Crippen molar-refractivity contribution in [1.82, 2.24) is 24.4 Å². The predicted octanol–water partition coefficient (Wildman–Crippen LogP) is 1.99. The Labute approximate surface area is 144 Å². The molecule has 0 amide bonds. The summed E-state index contributed by atoms with van der Waals surface area (Å²) >= 11 is 0. The summed E-state index contributed by atoms with van der Waals surface area (Å²) in [5.74, 6) is -0.361. The number of aromatic nitrogens is 5. The molecule has 0 saturated heterocycles. The van der Waals surface area contributed by atoms with E-state index in [1.807, 2.05) is 20.2 Å². The van der Waals surface area contributed by atoms with Crippen LogP contribution in [-0.4, -0.2) is 35.5 Å². The number of anilines is 1. The van der Waals surface area contributed by atoms with Gasteiger partial charge in [-0.25, -0.2) is 4.98 Å². The van der Waals surface area contributed by atoms with Crippen molar-refractivity contribution in [2.24, 2.45) is 13.0 Å². The highest BCUT2D eigenvalue weighted by Gasteiger charge is 2.33. The van der Waals surface area contributed by atoms with Gasteiger partial charge in [0.05, 0.1) is 24.0 Å². The van der Waals surface area contributed by atoms with Gasteiger partial charge >= 0.3 is 5.97 Å².